The van der Waals surface area contributed by atoms with Crippen LogP contribution in [-0.2, 0) is 10.9 Å². The summed E-state index contributed by atoms with van der Waals surface area (Å²) in [5.41, 5.74) is -0.936. The van der Waals surface area contributed by atoms with Crippen molar-refractivity contribution in [2.24, 2.45) is 0 Å². The second-order valence-corrected chi connectivity index (χ2v) is 8.97. The van der Waals surface area contributed by atoms with Gasteiger partial charge in [0.2, 0.25) is 0 Å². The molecule has 0 bridgehead atoms. The van der Waals surface area contributed by atoms with Crippen molar-refractivity contribution >= 4 is 22.8 Å². The number of likely N-dealkylation sites (N-methyl/N-ethyl adjacent to an activating group) is 1. The molecule has 9 heteroatoms. The molecule has 2 amide bonds. The molecule has 0 atom stereocenters. The Kier molecular flexibility index (Phi) is 7.57. The molecule has 3 aromatic carbocycles. The molecule has 0 aliphatic carbocycles. The number of nitrogens with zero attached hydrogens (tertiary/aromatic N) is 1. The lowest BCUT2D eigenvalue weighted by atomic mass is 10.1. The predicted octanol–water partition coefficient (Wildman–Crippen LogP) is 6.25. The maximum absolute atomic E-state index is 12.8. The molecule has 0 unspecified atom stereocenters. The van der Waals surface area contributed by atoms with Crippen molar-refractivity contribution in [2.45, 2.75) is 32.5 Å². The van der Waals surface area contributed by atoms with E-state index in [1.54, 1.807) is 58.2 Å². The molecule has 1 N–H and O–H groups in total. The zero-order chi connectivity index (χ0) is 25.8. The van der Waals surface area contributed by atoms with E-state index in [0.717, 1.165) is 17.5 Å². The van der Waals surface area contributed by atoms with E-state index in [-0.39, 0.29) is 24.7 Å². The number of amides is 2. The highest BCUT2D eigenvalue weighted by Gasteiger charge is 2.30. The number of nitrogens with one attached hydrogen (secondary N) is 1. The van der Waals surface area contributed by atoms with Gasteiger partial charge < -0.3 is 19.7 Å². The highest BCUT2D eigenvalue weighted by Crippen LogP contribution is 2.33. The van der Waals surface area contributed by atoms with E-state index in [1.807, 2.05) is 6.07 Å². The predicted molar refractivity (Wildman–Crippen MR) is 127 cm³/mol. The summed E-state index contributed by atoms with van der Waals surface area (Å²) in [7, 11) is 1.59. The Morgan fingerprint density at radius 2 is 1.66 bits per heavy atom. The van der Waals surface area contributed by atoms with E-state index < -0.39 is 23.4 Å². The van der Waals surface area contributed by atoms with Crippen LogP contribution in [0.15, 0.2) is 60.7 Å². The van der Waals surface area contributed by atoms with Crippen molar-refractivity contribution in [3.8, 4) is 11.5 Å². The first-order chi connectivity index (χ1) is 16.3. The lowest BCUT2D eigenvalue weighted by Gasteiger charge is -2.24. The molecule has 6 nitrogen and oxygen atoms in total. The van der Waals surface area contributed by atoms with E-state index in [0.29, 0.717) is 16.7 Å². The molecule has 186 valence electrons. The highest BCUT2D eigenvalue weighted by molar-refractivity contribution is 6.00. The van der Waals surface area contributed by atoms with Crippen LogP contribution < -0.4 is 10.1 Å². The molecule has 0 saturated heterocycles. The Hall–Kier alpha value is -3.75. The third-order valence-corrected chi connectivity index (χ3v) is 4.95. The maximum atomic E-state index is 12.8. The van der Waals surface area contributed by atoms with Crippen molar-refractivity contribution < 1.29 is 32.2 Å². The van der Waals surface area contributed by atoms with Gasteiger partial charge in [-0.1, -0.05) is 12.1 Å². The smallest absolute Gasteiger partial charge is 0.416 e. The Balaban J connectivity index is 1.65. The van der Waals surface area contributed by atoms with Crippen LogP contribution in [0.25, 0.3) is 10.8 Å². The van der Waals surface area contributed by atoms with E-state index in [1.165, 1.54) is 17.0 Å². The minimum atomic E-state index is -4.42. The summed E-state index contributed by atoms with van der Waals surface area (Å²) in [5.74, 6) is 0.410. The fourth-order valence-electron chi connectivity index (χ4n) is 3.19. The van der Waals surface area contributed by atoms with Crippen molar-refractivity contribution in [3.05, 3.63) is 71.8 Å². The van der Waals surface area contributed by atoms with Gasteiger partial charge in [-0.3, -0.25) is 4.79 Å². The molecule has 3 aromatic rings. The fraction of sp³-hybridized carbons (Fsp3) is 0.308. The number of hydrogen-bond acceptors (Lipinski definition) is 4. The first-order valence-electron chi connectivity index (χ1n) is 10.9. The summed E-state index contributed by atoms with van der Waals surface area (Å²) in [5, 5.41) is 4.20. The van der Waals surface area contributed by atoms with E-state index in [4.69, 9.17) is 9.47 Å². The zero-order valence-electron chi connectivity index (χ0n) is 19.9. The number of carbonyl (C=O) groups is 2. The standard InChI is InChI=1S/C26H27F3N2O4/c1-25(2,3)35-24(33)31(4)15-14-30-23(32)18-8-13-21-17(16-18)6-5-7-22(21)34-20-11-9-19(10-12-20)26(27,28)29/h5-13,16H,14-15H2,1-4H3,(H,30,32). The van der Waals surface area contributed by atoms with Crippen molar-refractivity contribution in [1.82, 2.24) is 10.2 Å². The summed E-state index contributed by atoms with van der Waals surface area (Å²) in [6.07, 6.45) is -4.89. The van der Waals surface area contributed by atoms with Crippen LogP contribution in [-0.4, -0.2) is 42.6 Å². The van der Waals surface area contributed by atoms with Gasteiger partial charge in [0.05, 0.1) is 5.56 Å². The number of carbonyl (C=O) groups excluding carboxylic acids is 2. The average molecular weight is 489 g/mol. The monoisotopic (exact) mass is 488 g/mol. The maximum Gasteiger partial charge on any atom is 0.416 e. The van der Waals surface area contributed by atoms with Crippen molar-refractivity contribution in [1.29, 1.82) is 0 Å². The van der Waals surface area contributed by atoms with Crippen LogP contribution in [0.5, 0.6) is 11.5 Å². The van der Waals surface area contributed by atoms with Crippen molar-refractivity contribution in [2.75, 3.05) is 20.1 Å². The van der Waals surface area contributed by atoms with E-state index >= 15 is 0 Å². The quantitative estimate of drug-likeness (QED) is 0.446. The molecule has 0 heterocycles. The number of benzene rings is 3. The van der Waals surface area contributed by atoms with E-state index in [2.05, 4.69) is 5.32 Å². The normalized spacial score (nSPS) is 11.7. The topological polar surface area (TPSA) is 67.9 Å². The molecular weight excluding hydrogens is 461 g/mol. The van der Waals surface area contributed by atoms with Crippen LogP contribution in [0, 0.1) is 0 Å². The fourth-order valence-corrected chi connectivity index (χ4v) is 3.19. The second-order valence-electron chi connectivity index (χ2n) is 8.97. The van der Waals surface area contributed by atoms with E-state index in [9.17, 15) is 22.8 Å². The van der Waals surface area contributed by atoms with Gasteiger partial charge in [-0.25, -0.2) is 4.79 Å². The third kappa shape index (κ3) is 7.11. The molecule has 0 aromatic heterocycles. The average Bonchev–Trinajstić information content (AvgIpc) is 2.77. The Morgan fingerprint density at radius 1 is 0.971 bits per heavy atom. The number of ether oxygens (including phenoxy) is 2. The number of hydrogen-bond donors (Lipinski definition) is 1. The summed E-state index contributed by atoms with van der Waals surface area (Å²) in [6, 6.07) is 14.7. The van der Waals surface area contributed by atoms with Gasteiger partial charge in [-0.05, 0) is 74.7 Å². The second kappa shape index (κ2) is 10.2. The van der Waals surface area contributed by atoms with Crippen LogP contribution >= 0.6 is 0 Å². The summed E-state index contributed by atoms with van der Waals surface area (Å²) >= 11 is 0. The Bertz CT molecular complexity index is 1200. The molecular formula is C26H27F3N2O4. The van der Waals surface area contributed by atoms with Crippen molar-refractivity contribution in [3.63, 3.8) is 0 Å². The first kappa shape index (κ1) is 25.9. The number of alkyl halides is 3. The molecule has 35 heavy (non-hydrogen) atoms. The molecule has 0 saturated carbocycles. The highest BCUT2D eigenvalue weighted by atomic mass is 19.4. The summed E-state index contributed by atoms with van der Waals surface area (Å²) in [4.78, 5) is 26.0. The SMILES string of the molecule is CN(CCNC(=O)c1ccc2c(Oc3ccc(C(F)(F)F)cc3)cccc2c1)C(=O)OC(C)(C)C. The van der Waals surface area contributed by atoms with Crippen LogP contribution in [0.2, 0.25) is 0 Å². The molecule has 0 aliphatic heterocycles. The zero-order valence-corrected chi connectivity index (χ0v) is 19.9. The molecule has 0 radical (unpaired) electrons. The molecule has 3 rings (SSSR count). The minimum absolute atomic E-state index is 0.240. The van der Waals surface area contributed by atoms with Crippen LogP contribution in [0.1, 0.15) is 36.7 Å². The number of fused-ring (bicyclic) bond motifs is 1. The van der Waals surface area contributed by atoms with Crippen LogP contribution in [0.4, 0.5) is 18.0 Å². The van der Waals surface area contributed by atoms with Gasteiger partial charge in [-0.2, -0.15) is 13.2 Å². The van der Waals surface area contributed by atoms with Gasteiger partial charge in [0, 0.05) is 31.1 Å². The minimum Gasteiger partial charge on any atom is -0.457 e. The van der Waals surface area contributed by atoms with Crippen LogP contribution in [0.3, 0.4) is 0 Å². The number of halogens is 3. The third-order valence-electron chi connectivity index (χ3n) is 4.95. The van der Waals surface area contributed by atoms with Gasteiger partial charge in [0.25, 0.3) is 5.91 Å². The molecule has 0 spiro atoms. The van der Waals surface area contributed by atoms with Gasteiger partial charge in [0.1, 0.15) is 17.1 Å². The molecule has 0 fully saturated rings. The lowest BCUT2D eigenvalue weighted by Crippen LogP contribution is -2.39. The molecule has 0 aliphatic rings. The van der Waals surface area contributed by atoms with Gasteiger partial charge in [0.15, 0.2) is 0 Å². The largest absolute Gasteiger partial charge is 0.457 e. The Morgan fingerprint density at radius 3 is 2.29 bits per heavy atom. The van der Waals surface area contributed by atoms with Gasteiger partial charge in [-0.15, -0.1) is 0 Å². The first-order valence-corrected chi connectivity index (χ1v) is 10.9. The van der Waals surface area contributed by atoms with Gasteiger partial charge >= 0.3 is 12.3 Å². The summed E-state index contributed by atoms with van der Waals surface area (Å²) in [6.45, 7) is 5.85. The Labute approximate surface area is 201 Å². The number of rotatable bonds is 6. The summed E-state index contributed by atoms with van der Waals surface area (Å²) < 4.78 is 49.4. The lowest BCUT2D eigenvalue weighted by molar-refractivity contribution is -0.137.